The topological polar surface area (TPSA) is 58.9 Å². The summed E-state index contributed by atoms with van der Waals surface area (Å²) in [5.74, 6) is -0.688. The molecule has 0 aliphatic carbocycles. The maximum Gasteiger partial charge on any atom is 0.163 e. The summed E-state index contributed by atoms with van der Waals surface area (Å²) >= 11 is 0. The summed E-state index contributed by atoms with van der Waals surface area (Å²) in [7, 11) is 0. The molecule has 4 heteroatoms. The van der Waals surface area contributed by atoms with E-state index in [0.29, 0.717) is 0 Å². The van der Waals surface area contributed by atoms with E-state index in [9.17, 15) is 5.11 Å². The van der Waals surface area contributed by atoms with Gasteiger partial charge in [-0.15, -0.1) is 0 Å². The third-order valence-electron chi connectivity index (χ3n) is 1.65. The average molecular weight is 162 g/mol. The Hall–Kier alpha value is -0.160. The zero-order chi connectivity index (χ0) is 8.48. The van der Waals surface area contributed by atoms with Gasteiger partial charge in [-0.1, -0.05) is 0 Å². The van der Waals surface area contributed by atoms with Crippen LogP contribution in [-0.4, -0.2) is 41.4 Å². The molecular weight excluding hydrogens is 148 g/mol. The van der Waals surface area contributed by atoms with Gasteiger partial charge in [0, 0.05) is 0 Å². The van der Waals surface area contributed by atoms with Gasteiger partial charge in [-0.25, -0.2) is 0 Å². The maximum absolute atomic E-state index is 9.19. The van der Waals surface area contributed by atoms with Gasteiger partial charge < -0.3 is 19.7 Å². The molecule has 1 fully saturated rings. The quantitative estimate of drug-likeness (QED) is 0.545. The summed E-state index contributed by atoms with van der Waals surface area (Å²) in [5.41, 5.74) is 0. The first-order chi connectivity index (χ1) is 5.05. The summed E-state index contributed by atoms with van der Waals surface area (Å²) < 4.78 is 10.3. The van der Waals surface area contributed by atoms with Gasteiger partial charge in [0.15, 0.2) is 5.79 Å². The van der Waals surface area contributed by atoms with Gasteiger partial charge in [0.2, 0.25) is 0 Å². The second-order valence-electron chi connectivity index (χ2n) is 3.12. The molecule has 0 spiro atoms. The van der Waals surface area contributed by atoms with Crippen LogP contribution in [0.4, 0.5) is 0 Å². The number of hydrogen-bond acceptors (Lipinski definition) is 4. The Bertz CT molecular complexity index is 134. The minimum Gasteiger partial charge on any atom is -0.394 e. The Morgan fingerprint density at radius 3 is 2.64 bits per heavy atom. The van der Waals surface area contributed by atoms with Gasteiger partial charge in [0.1, 0.15) is 12.2 Å². The lowest BCUT2D eigenvalue weighted by Gasteiger charge is -2.38. The summed E-state index contributed by atoms with van der Waals surface area (Å²) in [6.45, 7) is 3.55. The molecule has 0 amide bonds. The molecule has 1 saturated heterocycles. The molecule has 0 saturated carbocycles. The van der Waals surface area contributed by atoms with Crippen LogP contribution in [0.3, 0.4) is 0 Å². The second kappa shape index (κ2) is 3.06. The van der Waals surface area contributed by atoms with E-state index >= 15 is 0 Å². The highest BCUT2D eigenvalue weighted by Crippen LogP contribution is 2.21. The van der Waals surface area contributed by atoms with Crippen molar-refractivity contribution < 1.29 is 19.7 Å². The van der Waals surface area contributed by atoms with Crippen LogP contribution >= 0.6 is 0 Å². The van der Waals surface area contributed by atoms with Crippen molar-refractivity contribution in [1.29, 1.82) is 0 Å². The zero-order valence-electron chi connectivity index (χ0n) is 6.78. The molecule has 0 radical (unpaired) electrons. The molecule has 1 heterocycles. The van der Waals surface area contributed by atoms with Gasteiger partial charge in [-0.05, 0) is 13.8 Å². The Kier molecular flexibility index (Phi) is 2.49. The Balaban J connectivity index is 2.51. The predicted molar refractivity (Wildman–Crippen MR) is 38.0 cm³/mol. The molecule has 66 valence electrons. The van der Waals surface area contributed by atoms with Crippen LogP contribution in [0.2, 0.25) is 0 Å². The van der Waals surface area contributed by atoms with Crippen molar-refractivity contribution in [3.63, 3.8) is 0 Å². The van der Waals surface area contributed by atoms with E-state index in [1.807, 2.05) is 0 Å². The first kappa shape index (κ1) is 8.93. The Labute approximate surface area is 65.7 Å². The molecule has 1 aliphatic rings. The fourth-order valence-corrected chi connectivity index (χ4v) is 1.03. The summed E-state index contributed by atoms with van der Waals surface area (Å²) in [4.78, 5) is 0. The van der Waals surface area contributed by atoms with Crippen molar-refractivity contribution in [3.8, 4) is 0 Å². The maximum atomic E-state index is 9.19. The van der Waals surface area contributed by atoms with Gasteiger partial charge >= 0.3 is 0 Å². The van der Waals surface area contributed by atoms with Gasteiger partial charge in [-0.2, -0.15) is 0 Å². The number of ether oxygens (including phenoxy) is 2. The van der Waals surface area contributed by atoms with Crippen LogP contribution in [0.5, 0.6) is 0 Å². The monoisotopic (exact) mass is 162 g/mol. The standard InChI is InChI=1S/C7H14O4/c1-7(2)10-4-5(9)6(3-8)11-7/h5-6,8-9H,3-4H2,1-2H3. The molecule has 1 rings (SSSR count). The molecule has 4 nitrogen and oxygen atoms in total. The fourth-order valence-electron chi connectivity index (χ4n) is 1.03. The summed E-state index contributed by atoms with van der Waals surface area (Å²) in [5, 5.41) is 17.9. The SMILES string of the molecule is CC1(C)OCC(O)C(CO)O1. The van der Waals surface area contributed by atoms with Crippen molar-refractivity contribution in [2.24, 2.45) is 0 Å². The van der Waals surface area contributed by atoms with E-state index < -0.39 is 18.0 Å². The molecule has 0 aromatic rings. The zero-order valence-corrected chi connectivity index (χ0v) is 6.78. The lowest BCUT2D eigenvalue weighted by molar-refractivity contribution is -0.308. The van der Waals surface area contributed by atoms with Crippen LogP contribution in [0.1, 0.15) is 13.8 Å². The van der Waals surface area contributed by atoms with Crippen LogP contribution in [-0.2, 0) is 9.47 Å². The third-order valence-corrected chi connectivity index (χ3v) is 1.65. The van der Waals surface area contributed by atoms with Gasteiger partial charge in [0.25, 0.3) is 0 Å². The molecule has 0 bridgehead atoms. The van der Waals surface area contributed by atoms with Crippen molar-refractivity contribution in [2.45, 2.75) is 31.8 Å². The Morgan fingerprint density at radius 2 is 2.18 bits per heavy atom. The molecule has 2 N–H and O–H groups in total. The molecule has 0 aromatic heterocycles. The first-order valence-electron chi connectivity index (χ1n) is 3.66. The van der Waals surface area contributed by atoms with E-state index in [4.69, 9.17) is 14.6 Å². The van der Waals surface area contributed by atoms with Crippen LogP contribution in [0.25, 0.3) is 0 Å². The highest BCUT2D eigenvalue weighted by atomic mass is 16.7. The molecule has 11 heavy (non-hydrogen) atoms. The summed E-state index contributed by atoms with van der Waals surface area (Å²) in [6, 6.07) is 0. The number of aliphatic hydroxyl groups excluding tert-OH is 2. The third kappa shape index (κ3) is 2.13. The minimum absolute atomic E-state index is 0.173. The second-order valence-corrected chi connectivity index (χ2v) is 3.12. The van der Waals surface area contributed by atoms with E-state index in [2.05, 4.69) is 0 Å². The first-order valence-corrected chi connectivity index (χ1v) is 3.66. The minimum atomic E-state index is -0.715. The fraction of sp³-hybridized carbons (Fsp3) is 1.00. The van der Waals surface area contributed by atoms with Crippen LogP contribution in [0, 0.1) is 0 Å². The summed E-state index contributed by atoms with van der Waals surface area (Å²) in [6.07, 6.45) is -1.23. The van der Waals surface area contributed by atoms with Crippen molar-refractivity contribution in [1.82, 2.24) is 0 Å². The number of aliphatic hydroxyl groups is 2. The molecular formula is C7H14O4. The lowest BCUT2D eigenvalue weighted by atomic mass is 10.2. The van der Waals surface area contributed by atoms with Crippen molar-refractivity contribution >= 4 is 0 Å². The van der Waals surface area contributed by atoms with E-state index in [1.54, 1.807) is 13.8 Å². The van der Waals surface area contributed by atoms with E-state index in [0.717, 1.165) is 0 Å². The average Bonchev–Trinajstić information content (AvgIpc) is 1.94. The molecule has 2 unspecified atom stereocenters. The van der Waals surface area contributed by atoms with Crippen LogP contribution < -0.4 is 0 Å². The van der Waals surface area contributed by atoms with Gasteiger partial charge in [0.05, 0.1) is 13.2 Å². The van der Waals surface area contributed by atoms with Crippen molar-refractivity contribution in [2.75, 3.05) is 13.2 Å². The van der Waals surface area contributed by atoms with Gasteiger partial charge in [-0.3, -0.25) is 0 Å². The van der Waals surface area contributed by atoms with Crippen LogP contribution in [0.15, 0.2) is 0 Å². The molecule has 2 atom stereocenters. The predicted octanol–water partition coefficient (Wildman–Crippen LogP) is -0.509. The van der Waals surface area contributed by atoms with E-state index in [-0.39, 0.29) is 13.2 Å². The number of rotatable bonds is 1. The van der Waals surface area contributed by atoms with Crippen molar-refractivity contribution in [3.05, 3.63) is 0 Å². The smallest absolute Gasteiger partial charge is 0.163 e. The highest BCUT2D eigenvalue weighted by Gasteiger charge is 2.34. The van der Waals surface area contributed by atoms with E-state index in [1.165, 1.54) is 0 Å². The normalized spacial score (nSPS) is 37.1. The largest absolute Gasteiger partial charge is 0.394 e. The molecule has 1 aliphatic heterocycles. The molecule has 0 aromatic carbocycles. The number of hydrogen-bond donors (Lipinski definition) is 2. The lowest BCUT2D eigenvalue weighted by Crippen LogP contribution is -2.50. The highest BCUT2D eigenvalue weighted by molar-refractivity contribution is 4.75. The Morgan fingerprint density at radius 1 is 1.55 bits per heavy atom.